The Kier molecular flexibility index (Phi) is 8.55. The van der Waals surface area contributed by atoms with Crippen molar-refractivity contribution in [1.82, 2.24) is 14.6 Å². The molecule has 2 unspecified atom stereocenters. The van der Waals surface area contributed by atoms with E-state index < -0.39 is 67.8 Å². The van der Waals surface area contributed by atoms with Gasteiger partial charge in [0.2, 0.25) is 0 Å². The van der Waals surface area contributed by atoms with Gasteiger partial charge in [0.1, 0.15) is 29.6 Å². The molecule has 3 rings (SSSR count). The first kappa shape index (κ1) is 27.8. The van der Waals surface area contributed by atoms with Gasteiger partial charge in [-0.15, -0.1) is 0 Å². The fraction of sp³-hybridized carbons (Fsp3) is 0.500. The zero-order valence-corrected chi connectivity index (χ0v) is 21.1. The molecule has 0 saturated carbocycles. The van der Waals surface area contributed by atoms with Gasteiger partial charge in [0.15, 0.2) is 6.23 Å². The third-order valence-corrected chi connectivity index (χ3v) is 6.94. The molecule has 1 aliphatic rings. The van der Waals surface area contributed by atoms with E-state index >= 15 is 0 Å². The van der Waals surface area contributed by atoms with Gasteiger partial charge in [0.25, 0.3) is 5.56 Å². The summed E-state index contributed by atoms with van der Waals surface area (Å²) in [6.45, 7) is 5.42. The van der Waals surface area contributed by atoms with E-state index in [1.54, 1.807) is 32.0 Å². The van der Waals surface area contributed by atoms with Crippen LogP contribution in [-0.2, 0) is 23.4 Å². The number of nitrogens with one attached hydrogen (secondary N) is 2. The van der Waals surface area contributed by atoms with E-state index in [0.29, 0.717) is 0 Å². The zero-order chi connectivity index (χ0) is 26.7. The molecule has 6 atom stereocenters. The third kappa shape index (κ3) is 6.49. The van der Waals surface area contributed by atoms with E-state index in [0.717, 1.165) is 16.8 Å². The monoisotopic (exact) mass is 527 g/mol. The van der Waals surface area contributed by atoms with Crippen LogP contribution in [0.2, 0.25) is 0 Å². The number of esters is 1. The summed E-state index contributed by atoms with van der Waals surface area (Å²) in [7, 11) is -4.26. The van der Waals surface area contributed by atoms with Crippen molar-refractivity contribution in [3.63, 3.8) is 0 Å². The van der Waals surface area contributed by atoms with Gasteiger partial charge in [-0.25, -0.2) is 9.36 Å². The van der Waals surface area contributed by atoms with Gasteiger partial charge in [0.05, 0.1) is 12.7 Å². The van der Waals surface area contributed by atoms with Crippen LogP contribution in [0, 0.1) is 0 Å². The average Bonchev–Trinajstić information content (AvgIpc) is 3.01. The van der Waals surface area contributed by atoms with Crippen molar-refractivity contribution in [2.45, 2.75) is 63.9 Å². The molecule has 1 saturated heterocycles. The van der Waals surface area contributed by atoms with Crippen LogP contribution in [0.5, 0.6) is 5.75 Å². The summed E-state index contributed by atoms with van der Waals surface area (Å²) in [5.74, 6) is -0.515. The van der Waals surface area contributed by atoms with E-state index in [9.17, 15) is 29.2 Å². The highest BCUT2D eigenvalue weighted by Crippen LogP contribution is 2.46. The van der Waals surface area contributed by atoms with Crippen molar-refractivity contribution in [2.75, 3.05) is 6.61 Å². The van der Waals surface area contributed by atoms with Gasteiger partial charge in [-0.2, -0.15) is 5.09 Å². The predicted octanol–water partition coefficient (Wildman–Crippen LogP) is 0.679. The Bertz CT molecular complexity index is 1210. The fourth-order valence-electron chi connectivity index (χ4n) is 3.50. The number of aliphatic hydroxyl groups is 2. The maximum absolute atomic E-state index is 13.6. The number of hydrogen-bond donors (Lipinski definition) is 4. The molecule has 1 aromatic carbocycles. The number of nitrogens with zero attached hydrogens (tertiary/aromatic N) is 1. The number of aromatic amines is 1. The minimum absolute atomic E-state index is 0.176. The van der Waals surface area contributed by atoms with Crippen molar-refractivity contribution in [2.24, 2.45) is 0 Å². The highest BCUT2D eigenvalue weighted by atomic mass is 31.2. The van der Waals surface area contributed by atoms with Gasteiger partial charge in [-0.3, -0.25) is 23.7 Å². The summed E-state index contributed by atoms with van der Waals surface area (Å²) < 4.78 is 36.3. The number of para-hydroxylation sites is 1. The molecule has 0 aliphatic carbocycles. The van der Waals surface area contributed by atoms with Crippen LogP contribution in [0.15, 0.2) is 52.2 Å². The lowest BCUT2D eigenvalue weighted by atomic mass is 9.96. The second-order valence-electron chi connectivity index (χ2n) is 8.75. The number of rotatable bonds is 10. The van der Waals surface area contributed by atoms with Crippen molar-refractivity contribution < 1.29 is 38.1 Å². The molecular formula is C22H30N3O10P. The summed E-state index contributed by atoms with van der Waals surface area (Å²) in [5, 5.41) is 24.0. The normalized spacial score (nSPS) is 26.4. The lowest BCUT2D eigenvalue weighted by Gasteiger charge is -2.27. The van der Waals surface area contributed by atoms with Crippen molar-refractivity contribution >= 4 is 13.7 Å². The summed E-state index contributed by atoms with van der Waals surface area (Å²) in [6, 6.07) is 8.02. The molecule has 0 amide bonds. The zero-order valence-electron chi connectivity index (χ0n) is 20.2. The summed E-state index contributed by atoms with van der Waals surface area (Å²) in [6.07, 6.45) is -3.54. The van der Waals surface area contributed by atoms with Gasteiger partial charge in [-0.05, 0) is 39.8 Å². The quantitative estimate of drug-likeness (QED) is 0.252. The average molecular weight is 527 g/mol. The maximum atomic E-state index is 13.6. The highest BCUT2D eigenvalue weighted by Gasteiger charge is 2.54. The Balaban J connectivity index is 1.80. The van der Waals surface area contributed by atoms with Crippen LogP contribution in [0.3, 0.4) is 0 Å². The molecule has 4 N–H and O–H groups in total. The lowest BCUT2D eigenvalue weighted by Crippen LogP contribution is -2.47. The molecule has 198 valence electrons. The Labute approximate surface area is 206 Å². The first-order valence-corrected chi connectivity index (χ1v) is 12.7. The number of carbonyl (C=O) groups is 1. The molecule has 0 radical (unpaired) electrons. The molecule has 2 aromatic rings. The van der Waals surface area contributed by atoms with Crippen molar-refractivity contribution in [3.05, 3.63) is 63.4 Å². The van der Waals surface area contributed by atoms with Gasteiger partial charge in [-0.1, -0.05) is 18.2 Å². The molecule has 13 nitrogen and oxygen atoms in total. The first-order valence-electron chi connectivity index (χ1n) is 11.2. The number of aromatic nitrogens is 2. The summed E-state index contributed by atoms with van der Waals surface area (Å²) >= 11 is 0. The standard InChI is InChI=1S/C22H30N3O10P/c1-13(2)33-19(28)14(3)24-36(31,35-15-8-6-5-7-9-15)32-12-16-18(27)22(4,30)20(34-16)25-11-10-17(26)23-21(25)29/h5-11,13-14,16,18,20,27,30H,12H2,1-4H3,(H,24,31)(H,23,26,29)/t14-,16+,18?,20+,22+,36?/m0/s1. The molecule has 1 aliphatic heterocycles. The van der Waals surface area contributed by atoms with E-state index in [1.807, 2.05) is 4.98 Å². The van der Waals surface area contributed by atoms with Gasteiger partial charge < -0.3 is 24.2 Å². The lowest BCUT2D eigenvalue weighted by molar-refractivity contribution is -0.149. The first-order chi connectivity index (χ1) is 16.8. The predicted molar refractivity (Wildman–Crippen MR) is 126 cm³/mol. The number of aliphatic hydroxyl groups excluding tert-OH is 1. The number of H-pyrrole nitrogens is 1. The second kappa shape index (κ2) is 11.1. The fourth-order valence-corrected chi connectivity index (χ4v) is 5.00. The van der Waals surface area contributed by atoms with Crippen LogP contribution < -0.4 is 20.9 Å². The molecule has 14 heteroatoms. The minimum Gasteiger partial charge on any atom is -0.462 e. The third-order valence-electron chi connectivity index (χ3n) is 5.29. The largest absolute Gasteiger partial charge is 0.462 e. The van der Waals surface area contributed by atoms with E-state index in [4.69, 9.17) is 18.5 Å². The maximum Gasteiger partial charge on any atom is 0.459 e. The Morgan fingerprint density at radius 2 is 1.92 bits per heavy atom. The molecule has 2 heterocycles. The van der Waals surface area contributed by atoms with E-state index in [-0.39, 0.29) is 5.75 Å². The van der Waals surface area contributed by atoms with Crippen molar-refractivity contribution in [3.8, 4) is 5.75 Å². The van der Waals surface area contributed by atoms with Gasteiger partial charge in [0, 0.05) is 12.3 Å². The minimum atomic E-state index is -4.26. The SMILES string of the molecule is CC(C)OC(=O)[C@H](C)NP(=O)(OC[C@H]1O[C@@H](n2ccc(=O)[nH]c2=O)[C@](C)(O)C1O)Oc1ccccc1. The number of hydrogen-bond acceptors (Lipinski definition) is 10. The van der Waals surface area contributed by atoms with Crippen LogP contribution in [0.4, 0.5) is 0 Å². The number of carbonyl (C=O) groups excluding carboxylic acids is 1. The van der Waals surface area contributed by atoms with Crippen molar-refractivity contribution in [1.29, 1.82) is 0 Å². The number of ether oxygens (including phenoxy) is 2. The Morgan fingerprint density at radius 3 is 2.53 bits per heavy atom. The van der Waals surface area contributed by atoms with Crippen LogP contribution >= 0.6 is 7.75 Å². The summed E-state index contributed by atoms with van der Waals surface area (Å²) in [4.78, 5) is 37.9. The van der Waals surface area contributed by atoms with Crippen LogP contribution in [0.25, 0.3) is 0 Å². The number of benzene rings is 1. The molecule has 0 bridgehead atoms. The smallest absolute Gasteiger partial charge is 0.459 e. The van der Waals surface area contributed by atoms with E-state index in [2.05, 4.69) is 5.09 Å². The Morgan fingerprint density at radius 1 is 1.25 bits per heavy atom. The molecule has 1 aromatic heterocycles. The van der Waals surface area contributed by atoms with E-state index in [1.165, 1.54) is 26.0 Å². The summed E-state index contributed by atoms with van der Waals surface area (Å²) in [5.41, 5.74) is -3.49. The highest BCUT2D eigenvalue weighted by molar-refractivity contribution is 7.52. The van der Waals surface area contributed by atoms with Crippen LogP contribution in [-0.4, -0.2) is 62.3 Å². The molecule has 0 spiro atoms. The molecule has 36 heavy (non-hydrogen) atoms. The second-order valence-corrected chi connectivity index (χ2v) is 10.4. The Hall–Kier alpha value is -2.80. The molecular weight excluding hydrogens is 497 g/mol. The topological polar surface area (TPSA) is 178 Å². The molecule has 1 fully saturated rings. The van der Waals surface area contributed by atoms with Crippen LogP contribution in [0.1, 0.15) is 33.9 Å². The van der Waals surface area contributed by atoms with Gasteiger partial charge >= 0.3 is 19.4 Å².